The minimum Gasteiger partial charge on any atom is -0.309 e. The number of unbranched alkanes of at least 4 members (excludes halogenated alkanes) is 6. The second kappa shape index (κ2) is 24.5. The molecule has 0 N–H and O–H groups in total. The maximum Gasteiger partial charge on any atom is 0.0930 e. The number of rotatable bonds is 30. The minimum absolute atomic E-state index is 0.0253. The van der Waals surface area contributed by atoms with Gasteiger partial charge in [0.05, 0.1) is 11.4 Å². The lowest BCUT2D eigenvalue weighted by molar-refractivity contribution is 0.235. The predicted octanol–water partition coefficient (Wildman–Crippen LogP) is 7.67. The lowest BCUT2D eigenvalue weighted by Crippen LogP contribution is -2.31. The number of pyridine rings is 2. The summed E-state index contributed by atoms with van der Waals surface area (Å²) in [6.07, 6.45) is 21.8. The van der Waals surface area contributed by atoms with Crippen LogP contribution in [0.3, 0.4) is 0 Å². The van der Waals surface area contributed by atoms with Crippen molar-refractivity contribution in [3.05, 3.63) is 46.8 Å². The molecule has 8 nitrogen and oxygen atoms in total. The van der Waals surface area contributed by atoms with Gasteiger partial charge in [-0.3, -0.25) is 9.97 Å². The van der Waals surface area contributed by atoms with E-state index in [-0.39, 0.29) is 5.41 Å². The Morgan fingerprint density at radius 2 is 0.698 bits per heavy atom. The van der Waals surface area contributed by atoms with Gasteiger partial charge in [0.2, 0.25) is 0 Å². The third-order valence-corrected chi connectivity index (χ3v) is 11.3. The van der Waals surface area contributed by atoms with Crippen molar-refractivity contribution < 1.29 is 0 Å². The van der Waals surface area contributed by atoms with Crippen LogP contribution in [0.1, 0.15) is 112 Å². The molecule has 0 saturated carbocycles. The van der Waals surface area contributed by atoms with E-state index in [1.807, 2.05) is 12.4 Å². The molecule has 0 spiro atoms. The Hall–Kier alpha value is -1.94. The lowest BCUT2D eigenvalue weighted by Gasteiger charge is -2.32. The van der Waals surface area contributed by atoms with Gasteiger partial charge >= 0.3 is 0 Å². The molecule has 1 aliphatic carbocycles. The molecular formula is C45H82N8. The van der Waals surface area contributed by atoms with Crippen LogP contribution in [0.5, 0.6) is 0 Å². The number of aryl methyl sites for hydroxylation is 2. The van der Waals surface area contributed by atoms with E-state index in [0.717, 1.165) is 11.4 Å². The van der Waals surface area contributed by atoms with Gasteiger partial charge in [-0.15, -0.1) is 0 Å². The summed E-state index contributed by atoms with van der Waals surface area (Å²) in [5, 5.41) is 0. The Morgan fingerprint density at radius 3 is 1.02 bits per heavy atom. The topological polar surface area (TPSA) is 45.2 Å². The predicted molar refractivity (Wildman–Crippen MR) is 229 cm³/mol. The lowest BCUT2D eigenvalue weighted by atomic mass is 9.70. The molecule has 0 bridgehead atoms. The summed E-state index contributed by atoms with van der Waals surface area (Å²) in [7, 11) is 17.5. The van der Waals surface area contributed by atoms with Crippen LogP contribution < -0.4 is 0 Å². The number of aromatic nitrogens is 2. The molecular weight excluding hydrogens is 653 g/mol. The van der Waals surface area contributed by atoms with Crippen molar-refractivity contribution in [3.8, 4) is 11.4 Å². The first kappa shape index (κ1) is 45.4. The van der Waals surface area contributed by atoms with Crippen molar-refractivity contribution in [2.45, 2.75) is 109 Å². The molecule has 0 aliphatic heterocycles. The van der Waals surface area contributed by atoms with Crippen molar-refractivity contribution in [2.75, 3.05) is 122 Å². The largest absolute Gasteiger partial charge is 0.309 e. The van der Waals surface area contributed by atoms with Gasteiger partial charge in [-0.05, 0) is 209 Å². The quantitative estimate of drug-likeness (QED) is 0.0759. The van der Waals surface area contributed by atoms with E-state index in [1.54, 1.807) is 0 Å². The molecule has 1 aliphatic rings. The smallest absolute Gasteiger partial charge is 0.0930 e. The molecule has 2 aromatic rings. The zero-order chi connectivity index (χ0) is 38.6. The fourth-order valence-electron chi connectivity index (χ4n) is 8.40. The normalized spacial score (nSPS) is 13.8. The van der Waals surface area contributed by atoms with Crippen LogP contribution in [0.2, 0.25) is 0 Å². The Morgan fingerprint density at radius 1 is 0.396 bits per heavy atom. The molecule has 53 heavy (non-hydrogen) atoms. The fraction of sp³-hybridized carbons (Fsp3) is 0.778. The van der Waals surface area contributed by atoms with E-state index in [9.17, 15) is 0 Å². The van der Waals surface area contributed by atoms with Crippen molar-refractivity contribution in [2.24, 2.45) is 0 Å². The molecule has 302 valence electrons. The monoisotopic (exact) mass is 735 g/mol. The minimum atomic E-state index is 0.0253. The zero-order valence-corrected chi connectivity index (χ0v) is 36.4. The van der Waals surface area contributed by atoms with E-state index in [1.165, 1.54) is 178 Å². The van der Waals surface area contributed by atoms with Gasteiger partial charge in [0.15, 0.2) is 0 Å². The second-order valence-electron chi connectivity index (χ2n) is 17.5. The van der Waals surface area contributed by atoms with Crippen molar-refractivity contribution >= 4 is 0 Å². The zero-order valence-electron chi connectivity index (χ0n) is 36.4. The summed E-state index contributed by atoms with van der Waals surface area (Å²) >= 11 is 0. The van der Waals surface area contributed by atoms with Gasteiger partial charge in [0.1, 0.15) is 0 Å². The molecule has 0 unspecified atom stereocenters. The third-order valence-electron chi connectivity index (χ3n) is 11.3. The first-order valence-corrected chi connectivity index (χ1v) is 21.4. The number of nitrogens with zero attached hydrogens (tertiary/aromatic N) is 8. The molecule has 2 heterocycles. The molecule has 8 heteroatoms. The Labute approximate surface area is 327 Å². The number of fused-ring (bicyclic) bond motifs is 3. The number of hydrogen-bond acceptors (Lipinski definition) is 8. The highest BCUT2D eigenvalue weighted by molar-refractivity contribution is 5.75. The highest BCUT2D eigenvalue weighted by atomic mass is 15.1. The molecule has 3 rings (SSSR count). The van der Waals surface area contributed by atoms with Crippen molar-refractivity contribution in [1.82, 2.24) is 39.4 Å². The average Bonchev–Trinajstić information content (AvgIpc) is 3.34. The van der Waals surface area contributed by atoms with Gasteiger partial charge in [-0.1, -0.05) is 50.7 Å². The SMILES string of the molecule is Cc1cnc2c(c1)C(CCCCCCN(CCCN(C)C)CCCN(C)C)(CCCCCCN(CCCN(C)C)CCCN(C)C)c1cc(C)cnc1-2. The summed E-state index contributed by atoms with van der Waals surface area (Å²) in [6, 6.07) is 4.91. The van der Waals surface area contributed by atoms with Crippen LogP contribution in [0.4, 0.5) is 0 Å². The average molecular weight is 735 g/mol. The van der Waals surface area contributed by atoms with E-state index in [4.69, 9.17) is 9.97 Å². The molecule has 0 atom stereocenters. The summed E-state index contributed by atoms with van der Waals surface area (Å²) in [5.41, 5.74) is 7.75. The van der Waals surface area contributed by atoms with E-state index >= 15 is 0 Å². The summed E-state index contributed by atoms with van der Waals surface area (Å²) < 4.78 is 0. The Balaban J connectivity index is 1.61. The van der Waals surface area contributed by atoms with Crippen LogP contribution in [0, 0.1) is 13.8 Å². The highest BCUT2D eigenvalue weighted by Gasteiger charge is 2.44. The van der Waals surface area contributed by atoms with Gasteiger partial charge in [0, 0.05) is 17.8 Å². The standard InChI is InChI=1S/C45H82N8/c1-39-35-41-43(46-37-39)44-42(36-40(2)38-47-44)45(41,23-15-11-13-17-29-52(31-19-25-48(3)4)32-20-26-49(5)6)24-16-12-14-18-30-53(33-21-27-50(7)8)34-22-28-51(9)10/h35-38H,11-34H2,1-10H3. The van der Waals surface area contributed by atoms with E-state index in [0.29, 0.717) is 0 Å². The van der Waals surface area contributed by atoms with Crippen molar-refractivity contribution in [1.29, 1.82) is 0 Å². The fourth-order valence-corrected chi connectivity index (χ4v) is 8.40. The Kier molecular flexibility index (Phi) is 21.1. The van der Waals surface area contributed by atoms with Crippen LogP contribution in [0.15, 0.2) is 24.5 Å². The van der Waals surface area contributed by atoms with E-state index < -0.39 is 0 Å². The van der Waals surface area contributed by atoms with Gasteiger partial charge in [0.25, 0.3) is 0 Å². The summed E-state index contributed by atoms with van der Waals surface area (Å²) in [6.45, 7) is 16.4. The van der Waals surface area contributed by atoms with Gasteiger partial charge in [-0.2, -0.15) is 0 Å². The third kappa shape index (κ3) is 16.4. The van der Waals surface area contributed by atoms with Crippen LogP contribution >= 0.6 is 0 Å². The molecule has 0 aromatic carbocycles. The van der Waals surface area contributed by atoms with Crippen LogP contribution in [-0.4, -0.2) is 161 Å². The maximum atomic E-state index is 5.03. The summed E-state index contributed by atoms with van der Waals surface area (Å²) in [5.74, 6) is 0. The van der Waals surface area contributed by atoms with E-state index in [2.05, 4.69) is 112 Å². The summed E-state index contributed by atoms with van der Waals surface area (Å²) in [4.78, 5) is 24.8. The van der Waals surface area contributed by atoms with Gasteiger partial charge in [-0.25, -0.2) is 0 Å². The highest BCUT2D eigenvalue weighted by Crippen LogP contribution is 2.53. The number of hydrogen-bond donors (Lipinski definition) is 0. The first-order chi connectivity index (χ1) is 25.4. The van der Waals surface area contributed by atoms with Crippen LogP contribution in [0.25, 0.3) is 11.4 Å². The first-order valence-electron chi connectivity index (χ1n) is 21.4. The molecule has 0 saturated heterocycles. The molecule has 0 radical (unpaired) electrons. The molecule has 0 amide bonds. The molecule has 2 aromatic heterocycles. The van der Waals surface area contributed by atoms with Crippen LogP contribution in [-0.2, 0) is 5.41 Å². The van der Waals surface area contributed by atoms with Gasteiger partial charge < -0.3 is 29.4 Å². The Bertz CT molecular complexity index is 1150. The van der Waals surface area contributed by atoms with Crippen molar-refractivity contribution in [3.63, 3.8) is 0 Å². The maximum absolute atomic E-state index is 5.03. The second-order valence-corrected chi connectivity index (χ2v) is 17.5. The molecule has 0 fully saturated rings.